The summed E-state index contributed by atoms with van der Waals surface area (Å²) in [7, 11) is 0. The van der Waals surface area contributed by atoms with Gasteiger partial charge in [-0.05, 0) is 6.92 Å². The van der Waals surface area contributed by atoms with Crippen LogP contribution in [0.2, 0.25) is 0 Å². The molecule has 0 atom stereocenters. The second-order valence-corrected chi connectivity index (χ2v) is 5.00. The fraction of sp³-hybridized carbons (Fsp3) is 0.615. The highest BCUT2D eigenvalue weighted by atomic mass is 16.5. The number of hydrogen-bond acceptors (Lipinski definition) is 5. The normalized spacial score (nSPS) is 15.9. The van der Waals surface area contributed by atoms with Crippen molar-refractivity contribution >= 4 is 5.91 Å². The lowest BCUT2D eigenvalue weighted by atomic mass is 10.4. The Morgan fingerprint density at radius 1 is 1.38 bits per heavy atom. The first-order valence-corrected chi connectivity index (χ1v) is 6.93. The van der Waals surface area contributed by atoms with Crippen molar-refractivity contribution < 1.29 is 9.53 Å². The van der Waals surface area contributed by atoms with Gasteiger partial charge in [0.15, 0.2) is 0 Å². The van der Waals surface area contributed by atoms with Crippen LogP contribution in [0.25, 0.3) is 0 Å². The van der Waals surface area contributed by atoms with Gasteiger partial charge in [-0.3, -0.25) is 24.0 Å². The zero-order valence-corrected chi connectivity index (χ0v) is 12.1. The quantitative estimate of drug-likeness (QED) is 0.675. The molecule has 116 valence electrons. The van der Waals surface area contributed by atoms with Crippen LogP contribution < -0.4 is 16.6 Å². The third kappa shape index (κ3) is 4.54. The molecular formula is C13H20N4O4. The van der Waals surface area contributed by atoms with E-state index in [0.717, 1.165) is 32.8 Å². The van der Waals surface area contributed by atoms with Crippen molar-refractivity contribution in [1.29, 1.82) is 0 Å². The van der Waals surface area contributed by atoms with Crippen molar-refractivity contribution in [1.82, 2.24) is 19.8 Å². The molecule has 1 aliphatic rings. The Labute approximate surface area is 121 Å². The van der Waals surface area contributed by atoms with Gasteiger partial charge in [0.1, 0.15) is 6.54 Å². The van der Waals surface area contributed by atoms with Gasteiger partial charge in [-0.2, -0.15) is 0 Å². The smallest absolute Gasteiger partial charge is 0.328 e. The Morgan fingerprint density at radius 3 is 2.81 bits per heavy atom. The number of nitrogens with zero attached hydrogens (tertiary/aromatic N) is 2. The van der Waals surface area contributed by atoms with E-state index in [-0.39, 0.29) is 12.5 Å². The molecule has 8 nitrogen and oxygen atoms in total. The number of hydrogen-bond donors (Lipinski definition) is 2. The first-order chi connectivity index (χ1) is 10.1. The molecule has 1 fully saturated rings. The lowest BCUT2D eigenvalue weighted by Gasteiger charge is -2.26. The van der Waals surface area contributed by atoms with E-state index in [1.165, 1.54) is 10.8 Å². The van der Waals surface area contributed by atoms with Gasteiger partial charge < -0.3 is 10.1 Å². The Balaban J connectivity index is 1.80. The van der Waals surface area contributed by atoms with Gasteiger partial charge in [-0.1, -0.05) is 0 Å². The second-order valence-electron chi connectivity index (χ2n) is 5.00. The molecule has 0 saturated carbocycles. The standard InChI is InChI=1S/C13H20N4O4/c1-10-8-17(13(20)15-12(10)19)9-11(18)14-2-3-16-4-6-21-7-5-16/h8H,2-7,9H2,1H3,(H,14,18)(H,15,19,20). The van der Waals surface area contributed by atoms with E-state index in [1.54, 1.807) is 6.92 Å². The molecule has 2 rings (SSSR count). The number of H-pyrrole nitrogens is 1. The van der Waals surface area contributed by atoms with Gasteiger partial charge in [-0.25, -0.2) is 4.79 Å². The van der Waals surface area contributed by atoms with Crippen molar-refractivity contribution in [2.24, 2.45) is 0 Å². The van der Waals surface area contributed by atoms with Crippen molar-refractivity contribution in [3.63, 3.8) is 0 Å². The van der Waals surface area contributed by atoms with E-state index >= 15 is 0 Å². The summed E-state index contributed by atoms with van der Waals surface area (Å²) < 4.78 is 6.44. The van der Waals surface area contributed by atoms with E-state index in [1.807, 2.05) is 0 Å². The van der Waals surface area contributed by atoms with Crippen LogP contribution in [0.1, 0.15) is 5.56 Å². The van der Waals surface area contributed by atoms with Gasteiger partial charge in [-0.15, -0.1) is 0 Å². The summed E-state index contributed by atoms with van der Waals surface area (Å²) in [4.78, 5) is 39.0. The molecule has 1 aromatic heterocycles. The Kier molecular flexibility index (Phi) is 5.29. The van der Waals surface area contributed by atoms with Gasteiger partial charge in [0.2, 0.25) is 5.91 Å². The van der Waals surface area contributed by atoms with E-state index in [2.05, 4.69) is 15.2 Å². The van der Waals surface area contributed by atoms with Crippen LogP contribution in [0.3, 0.4) is 0 Å². The van der Waals surface area contributed by atoms with Crippen molar-refractivity contribution in [2.75, 3.05) is 39.4 Å². The first-order valence-electron chi connectivity index (χ1n) is 6.93. The van der Waals surface area contributed by atoms with Crippen LogP contribution in [0.4, 0.5) is 0 Å². The van der Waals surface area contributed by atoms with Crippen LogP contribution >= 0.6 is 0 Å². The summed E-state index contributed by atoms with van der Waals surface area (Å²) in [5, 5.41) is 2.77. The van der Waals surface area contributed by atoms with Crippen LogP contribution in [-0.2, 0) is 16.1 Å². The summed E-state index contributed by atoms with van der Waals surface area (Å²) in [6, 6.07) is 0. The number of rotatable bonds is 5. The maximum absolute atomic E-state index is 11.8. The zero-order chi connectivity index (χ0) is 15.2. The molecule has 8 heteroatoms. The maximum Gasteiger partial charge on any atom is 0.328 e. The van der Waals surface area contributed by atoms with Crippen LogP contribution in [-0.4, -0.2) is 59.8 Å². The van der Waals surface area contributed by atoms with Gasteiger partial charge >= 0.3 is 5.69 Å². The molecule has 0 radical (unpaired) electrons. The number of carbonyl (C=O) groups is 1. The van der Waals surface area contributed by atoms with Gasteiger partial charge in [0, 0.05) is 37.9 Å². The average Bonchev–Trinajstić information content (AvgIpc) is 2.46. The summed E-state index contributed by atoms with van der Waals surface area (Å²) >= 11 is 0. The van der Waals surface area contributed by atoms with Crippen LogP contribution in [0.15, 0.2) is 15.8 Å². The average molecular weight is 296 g/mol. The number of amides is 1. The summed E-state index contributed by atoms with van der Waals surface area (Å²) in [6.07, 6.45) is 1.39. The lowest BCUT2D eigenvalue weighted by molar-refractivity contribution is -0.121. The van der Waals surface area contributed by atoms with Crippen molar-refractivity contribution in [2.45, 2.75) is 13.5 Å². The monoisotopic (exact) mass is 296 g/mol. The second kappa shape index (κ2) is 7.19. The van der Waals surface area contributed by atoms with Gasteiger partial charge in [0.05, 0.1) is 13.2 Å². The highest BCUT2D eigenvalue weighted by Gasteiger charge is 2.11. The maximum atomic E-state index is 11.8. The summed E-state index contributed by atoms with van der Waals surface area (Å²) in [5.74, 6) is -0.253. The highest BCUT2D eigenvalue weighted by molar-refractivity contribution is 5.75. The number of carbonyl (C=O) groups excluding carboxylic acids is 1. The molecule has 2 N–H and O–H groups in total. The molecule has 0 unspecified atom stereocenters. The number of aromatic amines is 1. The third-order valence-corrected chi connectivity index (χ3v) is 3.36. The number of aromatic nitrogens is 2. The molecule has 21 heavy (non-hydrogen) atoms. The Bertz CT molecular complexity index is 601. The molecule has 0 aromatic carbocycles. The van der Waals surface area contributed by atoms with E-state index in [0.29, 0.717) is 12.1 Å². The number of ether oxygens (including phenoxy) is 1. The van der Waals surface area contributed by atoms with Gasteiger partial charge in [0.25, 0.3) is 5.56 Å². The lowest BCUT2D eigenvalue weighted by Crippen LogP contribution is -2.42. The number of aryl methyl sites for hydroxylation is 1. The van der Waals surface area contributed by atoms with Crippen molar-refractivity contribution in [3.05, 3.63) is 32.6 Å². The predicted molar refractivity (Wildman–Crippen MR) is 76.3 cm³/mol. The van der Waals surface area contributed by atoms with E-state index < -0.39 is 11.2 Å². The van der Waals surface area contributed by atoms with Crippen molar-refractivity contribution in [3.8, 4) is 0 Å². The molecule has 0 bridgehead atoms. The summed E-state index contributed by atoms with van der Waals surface area (Å²) in [5.41, 5.74) is -0.603. The predicted octanol–water partition coefficient (Wildman–Crippen LogP) is -1.71. The molecular weight excluding hydrogens is 276 g/mol. The SMILES string of the molecule is Cc1cn(CC(=O)NCCN2CCOCC2)c(=O)[nH]c1=O. The molecule has 0 spiro atoms. The number of nitrogens with one attached hydrogen (secondary N) is 2. The largest absolute Gasteiger partial charge is 0.379 e. The third-order valence-electron chi connectivity index (χ3n) is 3.36. The molecule has 1 amide bonds. The fourth-order valence-electron chi connectivity index (χ4n) is 2.12. The Hall–Kier alpha value is -1.93. The minimum absolute atomic E-state index is 0.0977. The van der Waals surface area contributed by atoms with Crippen LogP contribution in [0, 0.1) is 6.92 Å². The molecule has 1 aliphatic heterocycles. The highest BCUT2D eigenvalue weighted by Crippen LogP contribution is 1.94. The summed E-state index contributed by atoms with van der Waals surface area (Å²) in [6.45, 7) is 5.96. The minimum Gasteiger partial charge on any atom is -0.379 e. The van der Waals surface area contributed by atoms with E-state index in [9.17, 15) is 14.4 Å². The molecule has 0 aliphatic carbocycles. The topological polar surface area (TPSA) is 96.4 Å². The molecule has 1 saturated heterocycles. The molecule has 2 heterocycles. The minimum atomic E-state index is -0.575. The number of morpholine rings is 1. The fourth-order valence-corrected chi connectivity index (χ4v) is 2.12. The van der Waals surface area contributed by atoms with Crippen LogP contribution in [0.5, 0.6) is 0 Å². The molecule has 1 aromatic rings. The first kappa shape index (κ1) is 15.5. The Morgan fingerprint density at radius 2 is 2.10 bits per heavy atom. The van der Waals surface area contributed by atoms with E-state index in [4.69, 9.17) is 4.74 Å². The zero-order valence-electron chi connectivity index (χ0n) is 12.1.